The number of amides is 3. The Morgan fingerprint density at radius 1 is 0.973 bits per heavy atom. The van der Waals surface area contributed by atoms with Gasteiger partial charge in [-0.3, -0.25) is 34.2 Å². The Morgan fingerprint density at radius 2 is 1.68 bits per heavy atom. The van der Waals surface area contributed by atoms with Crippen LogP contribution in [0.4, 0.5) is 11.4 Å². The molecule has 3 aromatic rings. The van der Waals surface area contributed by atoms with Crippen molar-refractivity contribution < 1.29 is 28.8 Å². The number of halogens is 2. The number of hydrogen-bond acceptors (Lipinski definition) is 7. The minimum atomic E-state index is -1.35. The average molecular weight is 631 g/mol. The van der Waals surface area contributed by atoms with E-state index in [0.717, 1.165) is 4.90 Å². The van der Waals surface area contributed by atoms with E-state index in [1.807, 2.05) is 0 Å². The summed E-state index contributed by atoms with van der Waals surface area (Å²) in [5.41, 5.74) is 0.942. The predicted octanol–water partition coefficient (Wildman–Crippen LogP) is 5.03. The Balaban J connectivity index is 1.46. The van der Waals surface area contributed by atoms with Gasteiger partial charge in [-0.2, -0.15) is 0 Å². The van der Waals surface area contributed by atoms with Crippen LogP contribution in [0.3, 0.4) is 0 Å². The maximum Gasteiger partial charge on any atom is 0.308 e. The summed E-state index contributed by atoms with van der Waals surface area (Å²) in [7, 11) is 0. The second-order valence-electron chi connectivity index (χ2n) is 7.89. The van der Waals surface area contributed by atoms with E-state index in [1.54, 1.807) is 42.5 Å². The summed E-state index contributed by atoms with van der Waals surface area (Å²) in [4.78, 5) is 62.4. The lowest BCUT2D eigenvalue weighted by Crippen LogP contribution is -2.33. The van der Waals surface area contributed by atoms with Crippen molar-refractivity contribution in [2.45, 2.75) is 12.5 Å². The Hall–Kier alpha value is -3.90. The number of ether oxygens (including phenoxy) is 1. The molecule has 0 fully saturated rings. The molecule has 4 rings (SSSR count). The standard InChI is InChI=1S/C25H17Br2N3O7/c26-15-6-8-17-18(12-15)25(34)29(24(17)33)11-10-21(31)37-22(14-4-2-1-3-5-14)23(32)28-20-9-7-16(30(35)36)13-19(20)27/h1-9,12-13,22H,10-11H2,(H,28,32). The summed E-state index contributed by atoms with van der Waals surface area (Å²) in [6, 6.07) is 16.8. The third kappa shape index (κ3) is 5.75. The number of rotatable bonds is 8. The highest BCUT2D eigenvalue weighted by atomic mass is 79.9. The molecule has 1 N–H and O–H groups in total. The second kappa shape index (κ2) is 11.0. The maximum absolute atomic E-state index is 13.1. The van der Waals surface area contributed by atoms with Crippen LogP contribution in [0.15, 0.2) is 75.7 Å². The molecule has 0 radical (unpaired) electrons. The quantitative estimate of drug-likeness (QED) is 0.160. The molecule has 37 heavy (non-hydrogen) atoms. The molecule has 0 aromatic heterocycles. The number of anilines is 1. The normalized spacial score (nSPS) is 13.2. The Morgan fingerprint density at radius 3 is 2.35 bits per heavy atom. The lowest BCUT2D eigenvalue weighted by atomic mass is 10.1. The van der Waals surface area contributed by atoms with Gasteiger partial charge in [0, 0.05) is 33.2 Å². The van der Waals surface area contributed by atoms with Crippen molar-refractivity contribution in [1.29, 1.82) is 0 Å². The van der Waals surface area contributed by atoms with Gasteiger partial charge in [0.05, 0.1) is 28.2 Å². The molecule has 12 heteroatoms. The zero-order valence-corrected chi connectivity index (χ0v) is 22.0. The molecule has 3 amide bonds. The fraction of sp³-hybridized carbons (Fsp3) is 0.120. The monoisotopic (exact) mass is 629 g/mol. The number of nitro groups is 1. The molecule has 1 heterocycles. The molecular formula is C25H17Br2N3O7. The van der Waals surface area contributed by atoms with E-state index < -0.39 is 34.7 Å². The SMILES string of the molecule is O=C(CCN1C(=O)c2ccc(Br)cc2C1=O)OC(C(=O)Nc1ccc([N+](=O)[O-])cc1Br)c1ccccc1. The van der Waals surface area contributed by atoms with Crippen molar-refractivity contribution in [2.24, 2.45) is 0 Å². The van der Waals surface area contributed by atoms with Crippen molar-refractivity contribution in [3.8, 4) is 0 Å². The van der Waals surface area contributed by atoms with Gasteiger partial charge in [0.1, 0.15) is 0 Å². The highest BCUT2D eigenvalue weighted by molar-refractivity contribution is 9.10. The van der Waals surface area contributed by atoms with Gasteiger partial charge in [-0.05, 0) is 40.2 Å². The molecule has 1 atom stereocenters. The first-order valence-corrected chi connectivity index (χ1v) is 12.4. The number of carbonyl (C=O) groups excluding carboxylic acids is 4. The van der Waals surface area contributed by atoms with Gasteiger partial charge in [-0.25, -0.2) is 0 Å². The fourth-order valence-electron chi connectivity index (χ4n) is 3.68. The van der Waals surface area contributed by atoms with Crippen LogP contribution in [0.5, 0.6) is 0 Å². The number of esters is 1. The highest BCUT2D eigenvalue weighted by Crippen LogP contribution is 2.30. The zero-order chi connectivity index (χ0) is 26.7. The van der Waals surface area contributed by atoms with Crippen LogP contribution >= 0.6 is 31.9 Å². The molecule has 1 aliphatic rings. The smallest absolute Gasteiger partial charge is 0.308 e. The van der Waals surface area contributed by atoms with Crippen LogP contribution in [-0.2, 0) is 14.3 Å². The van der Waals surface area contributed by atoms with E-state index >= 15 is 0 Å². The molecule has 0 aliphatic carbocycles. The number of carbonyl (C=O) groups is 4. The minimum Gasteiger partial charge on any atom is -0.447 e. The first-order chi connectivity index (χ1) is 17.7. The summed E-state index contributed by atoms with van der Waals surface area (Å²) in [6.45, 7) is -0.222. The third-order valence-electron chi connectivity index (χ3n) is 5.48. The summed E-state index contributed by atoms with van der Waals surface area (Å²) >= 11 is 6.46. The lowest BCUT2D eigenvalue weighted by molar-refractivity contribution is -0.384. The number of nitro benzene ring substituents is 1. The minimum absolute atomic E-state index is 0.170. The van der Waals surface area contributed by atoms with Crippen LogP contribution in [-0.4, -0.2) is 40.1 Å². The molecule has 0 saturated heterocycles. The Labute approximate surface area is 227 Å². The van der Waals surface area contributed by atoms with E-state index in [2.05, 4.69) is 37.2 Å². The molecule has 1 unspecified atom stereocenters. The van der Waals surface area contributed by atoms with Crippen LogP contribution in [0.25, 0.3) is 0 Å². The molecule has 0 saturated carbocycles. The van der Waals surface area contributed by atoms with Gasteiger partial charge < -0.3 is 10.1 Å². The summed E-state index contributed by atoms with van der Waals surface area (Å²) < 4.78 is 6.38. The van der Waals surface area contributed by atoms with Crippen molar-refractivity contribution in [2.75, 3.05) is 11.9 Å². The summed E-state index contributed by atoms with van der Waals surface area (Å²) in [5.74, 6) is -2.53. The number of fused-ring (bicyclic) bond motifs is 1. The highest BCUT2D eigenvalue weighted by Gasteiger charge is 2.36. The summed E-state index contributed by atoms with van der Waals surface area (Å²) in [5, 5.41) is 13.6. The molecule has 0 bridgehead atoms. The predicted molar refractivity (Wildman–Crippen MR) is 139 cm³/mol. The topological polar surface area (TPSA) is 136 Å². The van der Waals surface area contributed by atoms with Gasteiger partial charge in [0.25, 0.3) is 23.4 Å². The molecule has 3 aromatic carbocycles. The van der Waals surface area contributed by atoms with Gasteiger partial charge in [0.15, 0.2) is 0 Å². The Kier molecular flexibility index (Phi) is 7.79. The van der Waals surface area contributed by atoms with Crippen molar-refractivity contribution in [3.05, 3.63) is 102 Å². The first-order valence-electron chi connectivity index (χ1n) is 10.8. The molecule has 10 nitrogen and oxygen atoms in total. The number of benzene rings is 3. The van der Waals surface area contributed by atoms with Crippen LogP contribution in [0.1, 0.15) is 38.8 Å². The number of imide groups is 1. The maximum atomic E-state index is 13.1. The van der Waals surface area contributed by atoms with Crippen molar-refractivity contribution in [1.82, 2.24) is 4.90 Å². The van der Waals surface area contributed by atoms with Crippen LogP contribution < -0.4 is 5.32 Å². The van der Waals surface area contributed by atoms with E-state index in [1.165, 1.54) is 24.3 Å². The van der Waals surface area contributed by atoms with Gasteiger partial charge in [0.2, 0.25) is 6.10 Å². The van der Waals surface area contributed by atoms with Crippen molar-refractivity contribution >= 4 is 66.9 Å². The largest absolute Gasteiger partial charge is 0.447 e. The van der Waals surface area contributed by atoms with E-state index in [-0.39, 0.29) is 39.9 Å². The lowest BCUT2D eigenvalue weighted by Gasteiger charge is -2.19. The van der Waals surface area contributed by atoms with Crippen molar-refractivity contribution in [3.63, 3.8) is 0 Å². The average Bonchev–Trinajstić information content (AvgIpc) is 3.11. The molecular weight excluding hydrogens is 614 g/mol. The molecule has 1 aliphatic heterocycles. The van der Waals surface area contributed by atoms with Gasteiger partial charge >= 0.3 is 5.97 Å². The first kappa shape index (κ1) is 26.2. The number of nitrogens with one attached hydrogen (secondary N) is 1. The Bertz CT molecular complexity index is 1430. The molecule has 188 valence electrons. The van der Waals surface area contributed by atoms with Gasteiger partial charge in [-0.15, -0.1) is 0 Å². The van der Waals surface area contributed by atoms with Gasteiger partial charge in [-0.1, -0.05) is 46.3 Å². The fourth-order valence-corrected chi connectivity index (χ4v) is 4.50. The third-order valence-corrected chi connectivity index (χ3v) is 6.63. The zero-order valence-electron chi connectivity index (χ0n) is 18.9. The van der Waals surface area contributed by atoms with E-state index in [9.17, 15) is 29.3 Å². The number of hydrogen-bond donors (Lipinski definition) is 1. The molecule has 0 spiro atoms. The van der Waals surface area contributed by atoms with E-state index in [0.29, 0.717) is 10.0 Å². The van der Waals surface area contributed by atoms with Crippen LogP contribution in [0, 0.1) is 10.1 Å². The number of nitrogens with zero attached hydrogens (tertiary/aromatic N) is 2. The second-order valence-corrected chi connectivity index (χ2v) is 9.66. The van der Waals surface area contributed by atoms with Crippen LogP contribution in [0.2, 0.25) is 0 Å². The summed E-state index contributed by atoms with van der Waals surface area (Å²) in [6.07, 6.45) is -1.68. The van der Waals surface area contributed by atoms with E-state index in [4.69, 9.17) is 4.74 Å². The number of non-ortho nitro benzene ring substituents is 1.